The second-order valence-corrected chi connectivity index (χ2v) is 4.48. The second-order valence-electron chi connectivity index (χ2n) is 4.48. The first kappa shape index (κ1) is 12.6. The van der Waals surface area contributed by atoms with Crippen molar-refractivity contribution in [2.75, 3.05) is 0 Å². The lowest BCUT2D eigenvalue weighted by Crippen LogP contribution is -1.98. The fourth-order valence-electron chi connectivity index (χ4n) is 2.01. The van der Waals surface area contributed by atoms with E-state index < -0.39 is 0 Å². The molecule has 2 rings (SSSR count). The summed E-state index contributed by atoms with van der Waals surface area (Å²) in [5, 5.41) is 4.54. The van der Waals surface area contributed by atoms with E-state index in [0.717, 1.165) is 42.5 Å². The summed E-state index contributed by atoms with van der Waals surface area (Å²) in [6.07, 6.45) is 4.92. The van der Waals surface area contributed by atoms with Crippen LogP contribution in [0.25, 0.3) is 11.3 Å². The van der Waals surface area contributed by atoms with Crippen LogP contribution < -0.4 is 0 Å². The Labute approximate surface area is 107 Å². The molecule has 1 aromatic heterocycles. The van der Waals surface area contributed by atoms with E-state index >= 15 is 0 Å². The minimum atomic E-state index is 0.667. The molecule has 1 aromatic carbocycles. The largest absolute Gasteiger partial charge is 0.298 e. The van der Waals surface area contributed by atoms with Crippen molar-refractivity contribution in [2.45, 2.75) is 33.2 Å². The number of rotatable bonds is 5. The predicted octanol–water partition coefficient (Wildman–Crippen LogP) is 3.47. The molecule has 0 spiro atoms. The summed E-state index contributed by atoms with van der Waals surface area (Å²) in [6, 6.07) is 8.01. The number of carbonyl (C=O) groups is 1. The molecule has 0 atom stereocenters. The van der Waals surface area contributed by atoms with Gasteiger partial charge >= 0.3 is 0 Å². The molecule has 94 valence electrons. The van der Waals surface area contributed by atoms with Crippen LogP contribution >= 0.6 is 0 Å². The van der Waals surface area contributed by atoms with Gasteiger partial charge in [0.25, 0.3) is 0 Å². The van der Waals surface area contributed by atoms with Gasteiger partial charge in [-0.1, -0.05) is 37.6 Å². The smallest absolute Gasteiger partial charge is 0.153 e. The Kier molecular flexibility index (Phi) is 3.92. The molecule has 0 aliphatic heterocycles. The van der Waals surface area contributed by atoms with Crippen molar-refractivity contribution < 1.29 is 4.79 Å². The number of aromatic nitrogens is 2. The lowest BCUT2D eigenvalue weighted by molar-refractivity contribution is 0.112. The zero-order valence-electron chi connectivity index (χ0n) is 10.9. The zero-order valence-corrected chi connectivity index (χ0v) is 10.9. The third-order valence-corrected chi connectivity index (χ3v) is 3.06. The van der Waals surface area contributed by atoms with Crippen LogP contribution in [0.5, 0.6) is 0 Å². The van der Waals surface area contributed by atoms with E-state index in [4.69, 9.17) is 0 Å². The number of hydrogen-bond donors (Lipinski definition) is 0. The first-order chi connectivity index (χ1) is 8.76. The molecule has 2 aromatic rings. The number of benzene rings is 1. The monoisotopic (exact) mass is 242 g/mol. The maximum atomic E-state index is 11.1. The van der Waals surface area contributed by atoms with Crippen LogP contribution in [0, 0.1) is 6.92 Å². The molecule has 0 radical (unpaired) electrons. The molecular weight excluding hydrogens is 224 g/mol. The molecule has 1 heterocycles. The third-order valence-electron chi connectivity index (χ3n) is 3.06. The van der Waals surface area contributed by atoms with E-state index in [9.17, 15) is 4.79 Å². The first-order valence-electron chi connectivity index (χ1n) is 6.35. The van der Waals surface area contributed by atoms with E-state index in [1.807, 2.05) is 42.1 Å². The van der Waals surface area contributed by atoms with E-state index in [1.165, 1.54) is 0 Å². The normalized spacial score (nSPS) is 10.6. The van der Waals surface area contributed by atoms with Gasteiger partial charge in [-0.25, -0.2) is 0 Å². The number of hydrogen-bond acceptors (Lipinski definition) is 2. The Morgan fingerprint density at radius 3 is 2.78 bits per heavy atom. The zero-order chi connectivity index (χ0) is 13.0. The van der Waals surface area contributed by atoms with Crippen LogP contribution in [0.1, 0.15) is 35.7 Å². The van der Waals surface area contributed by atoms with Gasteiger partial charge in [-0.05, 0) is 18.9 Å². The van der Waals surface area contributed by atoms with Crippen molar-refractivity contribution in [3.05, 3.63) is 41.6 Å². The summed E-state index contributed by atoms with van der Waals surface area (Å²) < 4.78 is 1.87. The SMILES string of the molecule is CCCCn1cc(C=O)c(-c2ccccc2C)n1. The van der Waals surface area contributed by atoms with E-state index in [1.54, 1.807) is 0 Å². The van der Waals surface area contributed by atoms with Gasteiger partial charge in [0.2, 0.25) is 0 Å². The van der Waals surface area contributed by atoms with Crippen LogP contribution in [0.3, 0.4) is 0 Å². The summed E-state index contributed by atoms with van der Waals surface area (Å²) in [7, 11) is 0. The van der Waals surface area contributed by atoms with Gasteiger partial charge in [0.05, 0.1) is 5.56 Å². The molecule has 0 fully saturated rings. The Morgan fingerprint density at radius 2 is 2.11 bits per heavy atom. The van der Waals surface area contributed by atoms with Crippen LogP contribution in [0.2, 0.25) is 0 Å². The molecular formula is C15H18N2O. The second kappa shape index (κ2) is 5.63. The van der Waals surface area contributed by atoms with Crippen molar-refractivity contribution in [3.8, 4) is 11.3 Å². The van der Waals surface area contributed by atoms with Gasteiger partial charge in [0, 0.05) is 18.3 Å². The Balaban J connectivity index is 2.40. The molecule has 0 aliphatic rings. The fraction of sp³-hybridized carbons (Fsp3) is 0.333. The van der Waals surface area contributed by atoms with Gasteiger partial charge in [-0.15, -0.1) is 0 Å². The van der Waals surface area contributed by atoms with E-state index in [0.29, 0.717) is 5.56 Å². The van der Waals surface area contributed by atoms with Crippen molar-refractivity contribution >= 4 is 6.29 Å². The Hall–Kier alpha value is -1.90. The standard InChI is InChI=1S/C15H18N2O/c1-3-4-9-17-10-13(11-18)15(16-17)14-8-6-5-7-12(14)2/h5-8,10-11H,3-4,9H2,1-2H3. The van der Waals surface area contributed by atoms with Crippen molar-refractivity contribution in [1.29, 1.82) is 0 Å². The number of aryl methyl sites for hydroxylation is 2. The molecule has 0 amide bonds. The first-order valence-corrected chi connectivity index (χ1v) is 6.35. The summed E-state index contributed by atoms with van der Waals surface area (Å²) in [5.41, 5.74) is 3.63. The Morgan fingerprint density at radius 1 is 1.33 bits per heavy atom. The highest BCUT2D eigenvalue weighted by Gasteiger charge is 2.11. The molecule has 0 saturated carbocycles. The van der Waals surface area contributed by atoms with Crippen LogP contribution in [0.15, 0.2) is 30.5 Å². The molecule has 3 heteroatoms. The summed E-state index contributed by atoms with van der Waals surface area (Å²) in [6.45, 7) is 5.05. The highest BCUT2D eigenvalue weighted by Crippen LogP contribution is 2.24. The van der Waals surface area contributed by atoms with Crippen LogP contribution in [-0.2, 0) is 6.54 Å². The van der Waals surface area contributed by atoms with Gasteiger partial charge in [-0.2, -0.15) is 5.10 Å². The van der Waals surface area contributed by atoms with Gasteiger partial charge in [0.15, 0.2) is 6.29 Å². The van der Waals surface area contributed by atoms with Crippen LogP contribution in [-0.4, -0.2) is 16.1 Å². The summed E-state index contributed by atoms with van der Waals surface area (Å²) in [5.74, 6) is 0. The van der Waals surface area contributed by atoms with Crippen molar-refractivity contribution in [1.82, 2.24) is 9.78 Å². The minimum absolute atomic E-state index is 0.667. The molecule has 3 nitrogen and oxygen atoms in total. The van der Waals surface area contributed by atoms with Crippen molar-refractivity contribution in [2.24, 2.45) is 0 Å². The third kappa shape index (κ3) is 2.50. The van der Waals surface area contributed by atoms with Gasteiger partial charge < -0.3 is 0 Å². The maximum Gasteiger partial charge on any atom is 0.153 e. The van der Waals surface area contributed by atoms with E-state index in [2.05, 4.69) is 12.0 Å². The summed E-state index contributed by atoms with van der Waals surface area (Å²) >= 11 is 0. The van der Waals surface area contributed by atoms with E-state index in [-0.39, 0.29) is 0 Å². The molecule has 18 heavy (non-hydrogen) atoms. The summed E-state index contributed by atoms with van der Waals surface area (Å²) in [4.78, 5) is 11.1. The maximum absolute atomic E-state index is 11.1. The topological polar surface area (TPSA) is 34.9 Å². The molecule has 0 aliphatic carbocycles. The number of aldehydes is 1. The van der Waals surface area contributed by atoms with Gasteiger partial charge in [-0.3, -0.25) is 9.48 Å². The lowest BCUT2D eigenvalue weighted by atomic mass is 10.0. The molecule has 0 unspecified atom stereocenters. The van der Waals surface area contributed by atoms with Crippen molar-refractivity contribution in [3.63, 3.8) is 0 Å². The fourth-order valence-corrected chi connectivity index (χ4v) is 2.01. The average molecular weight is 242 g/mol. The minimum Gasteiger partial charge on any atom is -0.298 e. The number of unbranched alkanes of at least 4 members (excludes halogenated alkanes) is 1. The molecule has 0 bridgehead atoms. The number of carbonyl (C=O) groups excluding carboxylic acids is 1. The lowest BCUT2D eigenvalue weighted by Gasteiger charge is -2.02. The number of nitrogens with zero attached hydrogens (tertiary/aromatic N) is 2. The average Bonchev–Trinajstić information content (AvgIpc) is 2.80. The Bertz CT molecular complexity index is 543. The molecule has 0 N–H and O–H groups in total. The highest BCUT2D eigenvalue weighted by molar-refractivity contribution is 5.86. The van der Waals surface area contributed by atoms with Crippen LogP contribution in [0.4, 0.5) is 0 Å². The predicted molar refractivity (Wildman–Crippen MR) is 72.7 cm³/mol. The highest BCUT2D eigenvalue weighted by atomic mass is 16.1. The molecule has 0 saturated heterocycles. The quantitative estimate of drug-likeness (QED) is 0.752. The van der Waals surface area contributed by atoms with Gasteiger partial charge in [0.1, 0.15) is 5.69 Å².